The molecular formula is C36H26O2. The third-order valence-electron chi connectivity index (χ3n) is 7.66. The highest BCUT2D eigenvalue weighted by atomic mass is 16.5. The van der Waals surface area contributed by atoms with Crippen molar-refractivity contribution in [3.63, 3.8) is 0 Å². The number of fused-ring (bicyclic) bond motifs is 7. The maximum absolute atomic E-state index is 5.49. The molecule has 0 saturated heterocycles. The molecule has 7 rings (SSSR count). The highest BCUT2D eigenvalue weighted by Crippen LogP contribution is 2.49. The molecule has 0 bridgehead atoms. The molecule has 7 aromatic rings. The summed E-state index contributed by atoms with van der Waals surface area (Å²) < 4.78 is 11.0. The van der Waals surface area contributed by atoms with Gasteiger partial charge in [0.05, 0.1) is 14.2 Å². The number of benzene rings is 7. The molecular weight excluding hydrogens is 464 g/mol. The molecule has 182 valence electrons. The summed E-state index contributed by atoms with van der Waals surface area (Å²) in [5, 5.41) is 10.1. The molecule has 0 amide bonds. The molecule has 0 atom stereocenters. The van der Waals surface area contributed by atoms with Gasteiger partial charge in [-0.15, -0.1) is 0 Å². The third kappa shape index (κ3) is 3.34. The molecule has 2 heteroatoms. The van der Waals surface area contributed by atoms with E-state index in [1.54, 1.807) is 14.2 Å². The first-order chi connectivity index (χ1) is 18.8. The number of hydrogen-bond donors (Lipinski definition) is 0. The van der Waals surface area contributed by atoms with E-state index in [4.69, 9.17) is 9.47 Å². The molecule has 0 aliphatic carbocycles. The van der Waals surface area contributed by atoms with Crippen molar-refractivity contribution in [1.82, 2.24) is 0 Å². The molecule has 38 heavy (non-hydrogen) atoms. The van der Waals surface area contributed by atoms with E-state index in [0.29, 0.717) is 0 Å². The van der Waals surface area contributed by atoms with Gasteiger partial charge in [0.2, 0.25) is 0 Å². The Bertz CT molecular complexity index is 1820. The van der Waals surface area contributed by atoms with E-state index in [1.807, 2.05) is 0 Å². The van der Waals surface area contributed by atoms with Crippen molar-refractivity contribution in [3.05, 3.63) is 121 Å². The van der Waals surface area contributed by atoms with Crippen molar-refractivity contribution >= 4 is 43.1 Å². The quantitative estimate of drug-likeness (QED) is 0.181. The van der Waals surface area contributed by atoms with Gasteiger partial charge >= 0.3 is 0 Å². The van der Waals surface area contributed by atoms with E-state index in [9.17, 15) is 0 Å². The van der Waals surface area contributed by atoms with Crippen molar-refractivity contribution in [3.8, 4) is 33.8 Å². The zero-order valence-corrected chi connectivity index (χ0v) is 21.4. The first-order valence-corrected chi connectivity index (χ1v) is 12.8. The topological polar surface area (TPSA) is 18.5 Å². The summed E-state index contributed by atoms with van der Waals surface area (Å²) in [5.74, 6) is 1.71. The Morgan fingerprint density at radius 3 is 1.00 bits per heavy atom. The molecule has 0 aliphatic rings. The van der Waals surface area contributed by atoms with E-state index in [-0.39, 0.29) is 0 Å². The Morgan fingerprint density at radius 1 is 0.342 bits per heavy atom. The van der Waals surface area contributed by atoms with Crippen LogP contribution in [-0.4, -0.2) is 14.2 Å². The van der Waals surface area contributed by atoms with Gasteiger partial charge < -0.3 is 9.47 Å². The van der Waals surface area contributed by atoms with Crippen LogP contribution in [0.15, 0.2) is 121 Å². The standard InChI is InChI=1S/C36H26O2/c1-37-25-19-15-23(16-20-25)33-31-13-7-8-14-32(31)34(24-17-21-26(38-2)22-18-24)36-30-12-6-4-10-28(30)27-9-3-5-11-29(27)35(33)36/h3-22H,1-2H3. The second-order valence-corrected chi connectivity index (χ2v) is 9.59. The monoisotopic (exact) mass is 490 g/mol. The van der Waals surface area contributed by atoms with Crippen LogP contribution in [0, 0.1) is 0 Å². The third-order valence-corrected chi connectivity index (χ3v) is 7.66. The smallest absolute Gasteiger partial charge is 0.118 e. The molecule has 0 aromatic heterocycles. The Kier molecular flexibility index (Phi) is 5.26. The van der Waals surface area contributed by atoms with Gasteiger partial charge in [-0.1, -0.05) is 97.1 Å². The van der Waals surface area contributed by atoms with Crippen LogP contribution >= 0.6 is 0 Å². The minimum absolute atomic E-state index is 0.854. The highest BCUT2D eigenvalue weighted by molar-refractivity contribution is 6.36. The first-order valence-electron chi connectivity index (χ1n) is 12.8. The Labute approximate surface area is 221 Å². The van der Waals surface area contributed by atoms with Gasteiger partial charge in [-0.2, -0.15) is 0 Å². The van der Waals surface area contributed by atoms with Crippen molar-refractivity contribution in [2.75, 3.05) is 14.2 Å². The Hall–Kier alpha value is -4.82. The molecule has 0 saturated carbocycles. The van der Waals surface area contributed by atoms with Gasteiger partial charge in [0.1, 0.15) is 11.5 Å². The molecule has 0 aliphatic heterocycles. The van der Waals surface area contributed by atoms with Crippen molar-refractivity contribution in [1.29, 1.82) is 0 Å². The van der Waals surface area contributed by atoms with Crippen LogP contribution in [0.25, 0.3) is 65.3 Å². The lowest BCUT2D eigenvalue weighted by molar-refractivity contribution is 0.415. The summed E-state index contributed by atoms with van der Waals surface area (Å²) in [6.45, 7) is 0. The summed E-state index contributed by atoms with van der Waals surface area (Å²) >= 11 is 0. The predicted octanol–water partition coefficient (Wildman–Crippen LogP) is 9.65. The molecule has 2 nitrogen and oxygen atoms in total. The fourth-order valence-electron chi connectivity index (χ4n) is 5.96. The lowest BCUT2D eigenvalue weighted by atomic mass is 9.81. The van der Waals surface area contributed by atoms with E-state index in [2.05, 4.69) is 121 Å². The fourth-order valence-corrected chi connectivity index (χ4v) is 5.96. The van der Waals surface area contributed by atoms with Gasteiger partial charge in [0.25, 0.3) is 0 Å². The minimum atomic E-state index is 0.854. The van der Waals surface area contributed by atoms with Crippen LogP contribution < -0.4 is 9.47 Å². The normalized spacial score (nSPS) is 11.4. The van der Waals surface area contributed by atoms with E-state index in [1.165, 1.54) is 65.3 Å². The van der Waals surface area contributed by atoms with Gasteiger partial charge in [-0.25, -0.2) is 0 Å². The average Bonchev–Trinajstić information content (AvgIpc) is 3.00. The summed E-state index contributed by atoms with van der Waals surface area (Å²) in [7, 11) is 3.42. The number of rotatable bonds is 4. The molecule has 0 spiro atoms. The second kappa shape index (κ2) is 8.93. The highest BCUT2D eigenvalue weighted by Gasteiger charge is 2.21. The summed E-state index contributed by atoms with van der Waals surface area (Å²) in [5.41, 5.74) is 4.84. The van der Waals surface area contributed by atoms with Crippen molar-refractivity contribution in [2.45, 2.75) is 0 Å². The number of methoxy groups -OCH3 is 2. The molecule has 0 heterocycles. The van der Waals surface area contributed by atoms with Gasteiger partial charge in [-0.05, 0) is 89.6 Å². The Morgan fingerprint density at radius 2 is 0.658 bits per heavy atom. The summed E-state index contributed by atoms with van der Waals surface area (Å²) in [6, 6.07) is 43.3. The predicted molar refractivity (Wildman–Crippen MR) is 160 cm³/mol. The average molecular weight is 491 g/mol. The SMILES string of the molecule is COc1ccc(-c2c3ccccc3c(-c3ccc(OC)cc3)c3c4ccccc4c4ccccc4c23)cc1. The van der Waals surface area contributed by atoms with E-state index >= 15 is 0 Å². The maximum atomic E-state index is 5.49. The van der Waals surface area contributed by atoms with Crippen molar-refractivity contribution < 1.29 is 9.47 Å². The zero-order valence-electron chi connectivity index (χ0n) is 21.4. The molecule has 0 fully saturated rings. The lowest BCUT2D eigenvalue weighted by Crippen LogP contribution is -1.94. The summed E-state index contributed by atoms with van der Waals surface area (Å²) in [4.78, 5) is 0. The fraction of sp³-hybridized carbons (Fsp3) is 0.0556. The molecule has 0 unspecified atom stereocenters. The Balaban J connectivity index is 1.78. The number of hydrogen-bond acceptors (Lipinski definition) is 2. The maximum Gasteiger partial charge on any atom is 0.118 e. The number of ether oxygens (including phenoxy) is 2. The van der Waals surface area contributed by atoms with Crippen LogP contribution in [0.3, 0.4) is 0 Å². The van der Waals surface area contributed by atoms with Crippen molar-refractivity contribution in [2.24, 2.45) is 0 Å². The van der Waals surface area contributed by atoms with Gasteiger partial charge in [0.15, 0.2) is 0 Å². The van der Waals surface area contributed by atoms with Crippen LogP contribution in [0.4, 0.5) is 0 Å². The summed E-state index contributed by atoms with van der Waals surface area (Å²) in [6.07, 6.45) is 0. The van der Waals surface area contributed by atoms with Gasteiger partial charge in [0, 0.05) is 0 Å². The zero-order chi connectivity index (χ0) is 25.6. The molecule has 0 radical (unpaired) electrons. The van der Waals surface area contributed by atoms with Crippen LogP contribution in [0.2, 0.25) is 0 Å². The van der Waals surface area contributed by atoms with Gasteiger partial charge in [-0.3, -0.25) is 0 Å². The largest absolute Gasteiger partial charge is 0.497 e. The van der Waals surface area contributed by atoms with E-state index < -0.39 is 0 Å². The van der Waals surface area contributed by atoms with E-state index in [0.717, 1.165) is 11.5 Å². The van der Waals surface area contributed by atoms with Crippen LogP contribution in [0.1, 0.15) is 0 Å². The minimum Gasteiger partial charge on any atom is -0.497 e. The lowest BCUT2D eigenvalue weighted by Gasteiger charge is -2.21. The van der Waals surface area contributed by atoms with Crippen LogP contribution in [0.5, 0.6) is 11.5 Å². The molecule has 0 N–H and O–H groups in total. The van der Waals surface area contributed by atoms with Crippen LogP contribution in [-0.2, 0) is 0 Å². The molecule has 7 aromatic carbocycles. The first kappa shape index (κ1) is 22.4. The second-order valence-electron chi connectivity index (χ2n) is 9.59.